The van der Waals surface area contributed by atoms with Crippen LogP contribution in [-0.4, -0.2) is 22.4 Å². The molecule has 0 saturated carbocycles. The Hall–Kier alpha value is -1.79. The monoisotopic (exact) mass is 262 g/mol. The van der Waals surface area contributed by atoms with E-state index in [1.54, 1.807) is 34.8 Å². The minimum Gasteiger partial charge on any atom is -0.325 e. The molecule has 2 rings (SSSR count). The lowest BCUT2D eigenvalue weighted by Crippen LogP contribution is -2.30. The first kappa shape index (κ1) is 12.7. The Morgan fingerprint density at radius 1 is 1.44 bits per heavy atom. The SMILES string of the molecule is CCN(C(=O)c1csc(CN)n1)c1ccncc1. The van der Waals surface area contributed by atoms with Crippen LogP contribution in [0.2, 0.25) is 0 Å². The van der Waals surface area contributed by atoms with Crippen LogP contribution in [0.3, 0.4) is 0 Å². The summed E-state index contributed by atoms with van der Waals surface area (Å²) in [4.78, 5) is 22.1. The van der Waals surface area contributed by atoms with Crippen molar-refractivity contribution in [1.29, 1.82) is 0 Å². The number of pyridine rings is 1. The summed E-state index contributed by atoms with van der Waals surface area (Å²) in [5, 5.41) is 2.51. The zero-order chi connectivity index (χ0) is 13.0. The molecule has 0 unspecified atom stereocenters. The molecule has 0 fully saturated rings. The van der Waals surface area contributed by atoms with Crippen molar-refractivity contribution in [3.8, 4) is 0 Å². The van der Waals surface area contributed by atoms with Gasteiger partial charge in [-0.05, 0) is 19.1 Å². The number of hydrogen-bond acceptors (Lipinski definition) is 5. The molecule has 2 aromatic rings. The number of anilines is 1. The van der Waals surface area contributed by atoms with Crippen LogP contribution in [0.25, 0.3) is 0 Å². The second-order valence-electron chi connectivity index (χ2n) is 3.59. The van der Waals surface area contributed by atoms with Crippen LogP contribution >= 0.6 is 11.3 Å². The summed E-state index contributed by atoms with van der Waals surface area (Å²) in [5.74, 6) is -0.111. The Labute approximate surface area is 109 Å². The highest BCUT2D eigenvalue weighted by Crippen LogP contribution is 2.17. The number of nitrogens with two attached hydrogens (primary N) is 1. The van der Waals surface area contributed by atoms with Gasteiger partial charge in [0.05, 0.1) is 0 Å². The second-order valence-corrected chi connectivity index (χ2v) is 4.53. The van der Waals surface area contributed by atoms with Crippen LogP contribution < -0.4 is 10.6 Å². The highest BCUT2D eigenvalue weighted by molar-refractivity contribution is 7.09. The Balaban J connectivity index is 2.25. The van der Waals surface area contributed by atoms with E-state index in [2.05, 4.69) is 9.97 Å². The molecule has 5 nitrogen and oxygen atoms in total. The first-order chi connectivity index (χ1) is 8.76. The van der Waals surface area contributed by atoms with Crippen LogP contribution in [0, 0.1) is 0 Å². The summed E-state index contributed by atoms with van der Waals surface area (Å²) in [6, 6.07) is 3.61. The molecule has 0 spiro atoms. The van der Waals surface area contributed by atoms with Crippen molar-refractivity contribution in [2.75, 3.05) is 11.4 Å². The largest absolute Gasteiger partial charge is 0.325 e. The standard InChI is InChI=1S/C12H14N4OS/c1-2-16(9-3-5-14-6-4-9)12(17)10-8-18-11(7-13)15-10/h3-6,8H,2,7,13H2,1H3. The van der Waals surface area contributed by atoms with E-state index in [4.69, 9.17) is 5.73 Å². The quantitative estimate of drug-likeness (QED) is 0.909. The molecule has 6 heteroatoms. The zero-order valence-electron chi connectivity index (χ0n) is 10.0. The fraction of sp³-hybridized carbons (Fsp3) is 0.250. The molecule has 0 saturated heterocycles. The van der Waals surface area contributed by atoms with Gasteiger partial charge in [0.15, 0.2) is 0 Å². The Bertz CT molecular complexity index is 526. The molecule has 0 aliphatic carbocycles. The van der Waals surface area contributed by atoms with Gasteiger partial charge in [0.2, 0.25) is 0 Å². The number of nitrogens with zero attached hydrogens (tertiary/aromatic N) is 3. The summed E-state index contributed by atoms with van der Waals surface area (Å²) in [5.41, 5.74) is 6.76. The van der Waals surface area contributed by atoms with Crippen molar-refractivity contribution in [2.24, 2.45) is 5.73 Å². The van der Waals surface area contributed by atoms with E-state index in [-0.39, 0.29) is 5.91 Å². The van der Waals surface area contributed by atoms with Crippen molar-refractivity contribution >= 4 is 22.9 Å². The van der Waals surface area contributed by atoms with E-state index in [0.717, 1.165) is 10.7 Å². The lowest BCUT2D eigenvalue weighted by molar-refractivity contribution is 0.0984. The molecule has 1 amide bonds. The Kier molecular flexibility index (Phi) is 4.01. The average molecular weight is 262 g/mol. The van der Waals surface area contributed by atoms with Gasteiger partial charge in [-0.15, -0.1) is 11.3 Å². The maximum Gasteiger partial charge on any atom is 0.277 e. The van der Waals surface area contributed by atoms with Crippen molar-refractivity contribution < 1.29 is 4.79 Å². The van der Waals surface area contributed by atoms with Gasteiger partial charge in [-0.25, -0.2) is 4.98 Å². The molecule has 2 heterocycles. The number of rotatable bonds is 4. The molecule has 0 aliphatic heterocycles. The van der Waals surface area contributed by atoms with Gasteiger partial charge in [-0.1, -0.05) is 0 Å². The van der Waals surface area contributed by atoms with E-state index >= 15 is 0 Å². The molecule has 0 radical (unpaired) electrons. The first-order valence-corrected chi connectivity index (χ1v) is 6.50. The van der Waals surface area contributed by atoms with E-state index in [0.29, 0.717) is 18.8 Å². The lowest BCUT2D eigenvalue weighted by atomic mass is 10.3. The fourth-order valence-corrected chi connectivity index (χ4v) is 2.26. The third kappa shape index (κ3) is 2.55. The lowest BCUT2D eigenvalue weighted by Gasteiger charge is -2.19. The number of amides is 1. The fourth-order valence-electron chi connectivity index (χ4n) is 1.61. The smallest absolute Gasteiger partial charge is 0.277 e. The van der Waals surface area contributed by atoms with Crippen molar-refractivity contribution in [1.82, 2.24) is 9.97 Å². The molecular formula is C12H14N4OS. The maximum absolute atomic E-state index is 12.3. The number of hydrogen-bond donors (Lipinski definition) is 1. The van der Waals surface area contributed by atoms with Crippen molar-refractivity contribution in [2.45, 2.75) is 13.5 Å². The van der Waals surface area contributed by atoms with E-state index in [1.165, 1.54) is 11.3 Å². The second kappa shape index (κ2) is 5.70. The normalized spacial score (nSPS) is 10.3. The van der Waals surface area contributed by atoms with Gasteiger partial charge in [0.1, 0.15) is 10.7 Å². The summed E-state index contributed by atoms with van der Waals surface area (Å²) in [7, 11) is 0. The summed E-state index contributed by atoms with van der Waals surface area (Å²) >= 11 is 1.40. The molecule has 0 atom stereocenters. The van der Waals surface area contributed by atoms with Gasteiger partial charge in [-0.2, -0.15) is 0 Å². The Morgan fingerprint density at radius 3 is 2.72 bits per heavy atom. The summed E-state index contributed by atoms with van der Waals surface area (Å²) < 4.78 is 0. The average Bonchev–Trinajstić information content (AvgIpc) is 2.89. The molecule has 0 aliphatic rings. The van der Waals surface area contributed by atoms with Crippen LogP contribution in [0.1, 0.15) is 22.4 Å². The molecule has 2 aromatic heterocycles. The van der Waals surface area contributed by atoms with E-state index in [9.17, 15) is 4.79 Å². The van der Waals surface area contributed by atoms with Crippen LogP contribution in [0.5, 0.6) is 0 Å². The van der Waals surface area contributed by atoms with Crippen LogP contribution in [-0.2, 0) is 6.54 Å². The first-order valence-electron chi connectivity index (χ1n) is 5.62. The summed E-state index contributed by atoms with van der Waals surface area (Å²) in [6.45, 7) is 2.87. The minimum absolute atomic E-state index is 0.111. The highest BCUT2D eigenvalue weighted by Gasteiger charge is 2.18. The predicted molar refractivity (Wildman–Crippen MR) is 71.6 cm³/mol. The third-order valence-electron chi connectivity index (χ3n) is 2.48. The van der Waals surface area contributed by atoms with Gasteiger partial charge in [0, 0.05) is 36.6 Å². The van der Waals surface area contributed by atoms with Crippen LogP contribution in [0.15, 0.2) is 29.9 Å². The minimum atomic E-state index is -0.111. The molecule has 94 valence electrons. The molecule has 2 N–H and O–H groups in total. The zero-order valence-corrected chi connectivity index (χ0v) is 10.9. The van der Waals surface area contributed by atoms with Crippen molar-refractivity contribution in [3.63, 3.8) is 0 Å². The van der Waals surface area contributed by atoms with Gasteiger partial charge in [0.25, 0.3) is 5.91 Å². The number of carbonyl (C=O) groups excluding carboxylic acids is 1. The summed E-state index contributed by atoms with van der Waals surface area (Å²) in [6.07, 6.45) is 3.33. The van der Waals surface area contributed by atoms with Crippen molar-refractivity contribution in [3.05, 3.63) is 40.6 Å². The maximum atomic E-state index is 12.3. The molecule has 0 aromatic carbocycles. The number of aromatic nitrogens is 2. The molecule has 18 heavy (non-hydrogen) atoms. The van der Waals surface area contributed by atoms with Crippen LogP contribution in [0.4, 0.5) is 5.69 Å². The number of carbonyl (C=O) groups is 1. The van der Waals surface area contributed by atoms with Gasteiger partial charge >= 0.3 is 0 Å². The van der Waals surface area contributed by atoms with E-state index in [1.807, 2.05) is 6.92 Å². The predicted octanol–water partition coefficient (Wildman–Crippen LogP) is 1.66. The topological polar surface area (TPSA) is 72.1 Å². The van der Waals surface area contributed by atoms with Gasteiger partial charge < -0.3 is 10.6 Å². The number of thiazole rings is 1. The van der Waals surface area contributed by atoms with Gasteiger partial charge in [-0.3, -0.25) is 9.78 Å². The molecule has 0 bridgehead atoms. The highest BCUT2D eigenvalue weighted by atomic mass is 32.1. The Morgan fingerprint density at radius 2 is 2.17 bits per heavy atom. The van der Waals surface area contributed by atoms with E-state index < -0.39 is 0 Å². The molecular weight excluding hydrogens is 248 g/mol. The third-order valence-corrected chi connectivity index (χ3v) is 3.35.